The summed E-state index contributed by atoms with van der Waals surface area (Å²) in [4.78, 5) is 14.1. The highest BCUT2D eigenvalue weighted by Gasteiger charge is 2.26. The summed E-state index contributed by atoms with van der Waals surface area (Å²) in [5, 5.41) is 15.7. The minimum atomic E-state index is -1.20. The lowest BCUT2D eigenvalue weighted by atomic mass is 10.0. The van der Waals surface area contributed by atoms with Crippen LogP contribution in [-0.4, -0.2) is 48.8 Å². The number of carbonyl (C=O) groups excluding carboxylic acids is 1. The lowest BCUT2D eigenvalue weighted by molar-refractivity contribution is 0.0367. The first-order valence-electron chi connectivity index (χ1n) is 7.58. The van der Waals surface area contributed by atoms with E-state index in [4.69, 9.17) is 4.42 Å². The molecule has 1 fully saturated rings. The Balaban J connectivity index is 1.63. The molecule has 118 valence electrons. The second-order valence-electron chi connectivity index (χ2n) is 5.76. The van der Waals surface area contributed by atoms with Crippen molar-refractivity contribution >= 4 is 6.03 Å². The van der Waals surface area contributed by atoms with Crippen molar-refractivity contribution in [2.24, 2.45) is 0 Å². The predicted molar refractivity (Wildman–Crippen MR) is 80.0 cm³/mol. The number of likely N-dealkylation sites (tertiary alicyclic amines) is 1. The largest absolute Gasteiger partial charge is 0.466 e. The molecule has 3 N–H and O–H groups in total. The van der Waals surface area contributed by atoms with E-state index < -0.39 is 5.60 Å². The summed E-state index contributed by atoms with van der Waals surface area (Å²) < 4.78 is 5.16. The monoisotopic (exact) mass is 295 g/mol. The number of urea groups is 1. The molecule has 6 nitrogen and oxygen atoms in total. The maximum absolute atomic E-state index is 11.7. The van der Waals surface area contributed by atoms with Gasteiger partial charge in [-0.3, -0.25) is 0 Å². The number of nitrogens with zero attached hydrogens (tertiary/aromatic N) is 1. The fourth-order valence-corrected chi connectivity index (χ4v) is 2.50. The van der Waals surface area contributed by atoms with Gasteiger partial charge in [-0.25, -0.2) is 4.79 Å². The van der Waals surface area contributed by atoms with E-state index in [2.05, 4.69) is 15.5 Å². The molecular formula is C15H25N3O3. The third kappa shape index (κ3) is 5.06. The van der Waals surface area contributed by atoms with Crippen molar-refractivity contribution in [1.82, 2.24) is 15.5 Å². The Kier molecular flexibility index (Phi) is 5.64. The summed E-state index contributed by atoms with van der Waals surface area (Å²) in [7, 11) is 0. The smallest absolute Gasteiger partial charge is 0.314 e. The SMILES string of the molecule is CC(O)(CNC(=O)NCCN1CCCCC1)c1ccco1. The standard InChI is InChI=1S/C15H25N3O3/c1-15(20,13-6-5-11-21-13)12-17-14(19)16-7-10-18-8-3-2-4-9-18/h5-6,11,20H,2-4,7-10,12H2,1H3,(H2,16,17,19). The van der Waals surface area contributed by atoms with Crippen LogP contribution < -0.4 is 10.6 Å². The molecule has 2 rings (SSSR count). The number of carbonyl (C=O) groups is 1. The maximum Gasteiger partial charge on any atom is 0.314 e. The Morgan fingerprint density at radius 3 is 2.81 bits per heavy atom. The second kappa shape index (κ2) is 7.47. The molecule has 6 heteroatoms. The van der Waals surface area contributed by atoms with Gasteiger partial charge in [0.1, 0.15) is 11.4 Å². The molecule has 1 aromatic rings. The summed E-state index contributed by atoms with van der Waals surface area (Å²) in [6, 6.07) is 3.14. The van der Waals surface area contributed by atoms with Crippen molar-refractivity contribution in [2.45, 2.75) is 31.8 Å². The maximum atomic E-state index is 11.7. The molecule has 1 atom stereocenters. The zero-order valence-electron chi connectivity index (χ0n) is 12.6. The van der Waals surface area contributed by atoms with Crippen molar-refractivity contribution in [3.8, 4) is 0 Å². The van der Waals surface area contributed by atoms with E-state index in [0.29, 0.717) is 12.3 Å². The van der Waals surface area contributed by atoms with Gasteiger partial charge in [0.25, 0.3) is 0 Å². The highest BCUT2D eigenvalue weighted by molar-refractivity contribution is 5.73. The Labute approximate surface area is 125 Å². The van der Waals surface area contributed by atoms with Crippen LogP contribution in [0.2, 0.25) is 0 Å². The molecule has 1 saturated heterocycles. The number of furan rings is 1. The van der Waals surface area contributed by atoms with Crippen LogP contribution in [0.4, 0.5) is 4.79 Å². The Hall–Kier alpha value is -1.53. The summed E-state index contributed by atoms with van der Waals surface area (Å²) in [6.07, 6.45) is 5.31. The second-order valence-corrected chi connectivity index (χ2v) is 5.76. The number of rotatable bonds is 6. The van der Waals surface area contributed by atoms with E-state index in [1.165, 1.54) is 25.5 Å². The molecule has 2 heterocycles. The molecule has 1 aliphatic heterocycles. The first kappa shape index (κ1) is 15.9. The van der Waals surface area contributed by atoms with E-state index in [1.54, 1.807) is 19.1 Å². The molecule has 21 heavy (non-hydrogen) atoms. The molecule has 0 bridgehead atoms. The van der Waals surface area contributed by atoms with Gasteiger partial charge in [-0.05, 0) is 45.0 Å². The first-order valence-corrected chi connectivity index (χ1v) is 7.58. The van der Waals surface area contributed by atoms with Crippen molar-refractivity contribution in [1.29, 1.82) is 0 Å². The molecule has 0 spiro atoms. The van der Waals surface area contributed by atoms with Crippen molar-refractivity contribution in [3.63, 3.8) is 0 Å². The van der Waals surface area contributed by atoms with Gasteiger partial charge in [-0.15, -0.1) is 0 Å². The molecule has 1 aliphatic rings. The van der Waals surface area contributed by atoms with Crippen LogP contribution >= 0.6 is 0 Å². The predicted octanol–water partition coefficient (Wildman–Crippen LogP) is 1.27. The Bertz CT molecular complexity index is 425. The van der Waals surface area contributed by atoms with Gasteiger partial charge in [0.15, 0.2) is 0 Å². The highest BCUT2D eigenvalue weighted by atomic mass is 16.4. The molecule has 0 aromatic carbocycles. The van der Waals surface area contributed by atoms with Gasteiger partial charge in [0.05, 0.1) is 12.8 Å². The van der Waals surface area contributed by atoms with Gasteiger partial charge >= 0.3 is 6.03 Å². The zero-order valence-corrected chi connectivity index (χ0v) is 12.6. The zero-order chi connectivity index (χ0) is 15.1. The van der Waals surface area contributed by atoms with Crippen LogP contribution in [-0.2, 0) is 5.60 Å². The number of piperidine rings is 1. The van der Waals surface area contributed by atoms with Gasteiger partial charge in [0.2, 0.25) is 0 Å². The van der Waals surface area contributed by atoms with Gasteiger partial charge in [-0.1, -0.05) is 6.42 Å². The fraction of sp³-hybridized carbons (Fsp3) is 0.667. The third-order valence-electron chi connectivity index (χ3n) is 3.81. The summed E-state index contributed by atoms with van der Waals surface area (Å²) in [5.74, 6) is 0.441. The Morgan fingerprint density at radius 1 is 1.38 bits per heavy atom. The molecule has 0 aliphatic carbocycles. The van der Waals surface area contributed by atoms with Crippen LogP contribution in [0.15, 0.2) is 22.8 Å². The van der Waals surface area contributed by atoms with Crippen molar-refractivity contribution < 1.29 is 14.3 Å². The van der Waals surface area contributed by atoms with Crippen molar-refractivity contribution in [2.75, 3.05) is 32.7 Å². The van der Waals surface area contributed by atoms with E-state index in [1.807, 2.05) is 0 Å². The lowest BCUT2D eigenvalue weighted by Crippen LogP contribution is -2.45. The van der Waals surface area contributed by atoms with E-state index in [0.717, 1.165) is 19.6 Å². The third-order valence-corrected chi connectivity index (χ3v) is 3.81. The fourth-order valence-electron chi connectivity index (χ4n) is 2.50. The first-order chi connectivity index (χ1) is 10.1. The Morgan fingerprint density at radius 2 is 2.14 bits per heavy atom. The van der Waals surface area contributed by atoms with Crippen LogP contribution in [0.5, 0.6) is 0 Å². The molecule has 0 saturated carbocycles. The number of hydrogen-bond acceptors (Lipinski definition) is 4. The quantitative estimate of drug-likeness (QED) is 0.738. The summed E-state index contributed by atoms with van der Waals surface area (Å²) >= 11 is 0. The highest BCUT2D eigenvalue weighted by Crippen LogP contribution is 2.19. The number of nitrogens with one attached hydrogen (secondary N) is 2. The number of hydrogen-bond donors (Lipinski definition) is 3. The minimum absolute atomic E-state index is 0.107. The van der Waals surface area contributed by atoms with E-state index >= 15 is 0 Å². The average molecular weight is 295 g/mol. The van der Waals surface area contributed by atoms with Crippen LogP contribution in [0, 0.1) is 0 Å². The normalized spacial score (nSPS) is 19.0. The molecular weight excluding hydrogens is 270 g/mol. The summed E-state index contributed by atoms with van der Waals surface area (Å²) in [5.41, 5.74) is -1.20. The van der Waals surface area contributed by atoms with E-state index in [-0.39, 0.29) is 12.6 Å². The van der Waals surface area contributed by atoms with Gasteiger partial charge in [-0.2, -0.15) is 0 Å². The number of aliphatic hydroxyl groups is 1. The molecule has 0 radical (unpaired) electrons. The van der Waals surface area contributed by atoms with Crippen molar-refractivity contribution in [3.05, 3.63) is 24.2 Å². The molecule has 2 amide bonds. The van der Waals surface area contributed by atoms with E-state index in [9.17, 15) is 9.90 Å². The average Bonchev–Trinajstić information content (AvgIpc) is 3.01. The van der Waals surface area contributed by atoms with Crippen LogP contribution in [0.25, 0.3) is 0 Å². The van der Waals surface area contributed by atoms with Gasteiger partial charge in [0, 0.05) is 13.1 Å². The minimum Gasteiger partial charge on any atom is -0.466 e. The molecule has 1 aromatic heterocycles. The molecule has 1 unspecified atom stereocenters. The van der Waals surface area contributed by atoms with Gasteiger partial charge < -0.3 is 25.1 Å². The van der Waals surface area contributed by atoms with Crippen LogP contribution in [0.1, 0.15) is 31.9 Å². The lowest BCUT2D eigenvalue weighted by Gasteiger charge is -2.26. The number of amides is 2. The van der Waals surface area contributed by atoms with Crippen LogP contribution in [0.3, 0.4) is 0 Å². The summed E-state index contributed by atoms with van der Waals surface area (Å²) in [6.45, 7) is 5.46. The topological polar surface area (TPSA) is 77.7 Å².